The number of esters is 1. The molecule has 0 aliphatic rings. The summed E-state index contributed by atoms with van der Waals surface area (Å²) < 4.78 is 5.06. The first kappa shape index (κ1) is 14.1. The Kier molecular flexibility index (Phi) is 5.50. The maximum Gasteiger partial charge on any atom is 0.336 e. The van der Waals surface area contributed by atoms with Crippen LogP contribution in [0.3, 0.4) is 0 Å². The van der Waals surface area contributed by atoms with Gasteiger partial charge in [-0.05, 0) is 34.1 Å². The van der Waals surface area contributed by atoms with Crippen molar-refractivity contribution in [1.29, 1.82) is 0 Å². The van der Waals surface area contributed by atoms with Gasteiger partial charge in [0.2, 0.25) is 0 Å². The molecular weight excluding hydrogens is 308 g/mol. The minimum atomic E-state index is -0.979. The first-order valence-electron chi connectivity index (χ1n) is 4.77. The molecule has 0 atom stereocenters. The number of carboxylic acid groups (broad SMARTS) is 1. The van der Waals surface area contributed by atoms with E-state index in [0.717, 1.165) is 4.90 Å². The van der Waals surface area contributed by atoms with Gasteiger partial charge in [-0.2, -0.15) is 0 Å². The van der Waals surface area contributed by atoms with Crippen molar-refractivity contribution in [2.75, 3.05) is 12.9 Å². The highest BCUT2D eigenvalue weighted by atomic mass is 79.9. The molecule has 0 amide bonds. The Morgan fingerprint density at radius 3 is 2.76 bits per heavy atom. The molecule has 0 saturated heterocycles. The Morgan fingerprint density at radius 1 is 1.47 bits per heavy atom. The number of carbonyl (C=O) groups is 2. The van der Waals surface area contributed by atoms with Crippen LogP contribution in [-0.4, -0.2) is 29.9 Å². The van der Waals surface area contributed by atoms with Gasteiger partial charge < -0.3 is 9.84 Å². The van der Waals surface area contributed by atoms with Gasteiger partial charge in [0.1, 0.15) is 0 Å². The smallest absolute Gasteiger partial charge is 0.336 e. The topological polar surface area (TPSA) is 63.6 Å². The second kappa shape index (κ2) is 6.66. The van der Waals surface area contributed by atoms with Crippen molar-refractivity contribution in [3.63, 3.8) is 0 Å². The highest BCUT2D eigenvalue weighted by Crippen LogP contribution is 2.25. The second-order valence-corrected chi connectivity index (χ2v) is 5.14. The Bertz CT molecular complexity index is 433. The van der Waals surface area contributed by atoms with E-state index in [2.05, 4.69) is 20.7 Å². The van der Waals surface area contributed by atoms with Gasteiger partial charge in [-0.1, -0.05) is 0 Å². The zero-order chi connectivity index (χ0) is 12.8. The fourth-order valence-electron chi connectivity index (χ4n) is 1.11. The molecule has 0 radical (unpaired) electrons. The maximum absolute atomic E-state index is 10.9. The molecule has 0 aromatic heterocycles. The van der Waals surface area contributed by atoms with Crippen molar-refractivity contribution in [3.8, 4) is 0 Å². The van der Waals surface area contributed by atoms with Crippen LogP contribution in [0.5, 0.6) is 0 Å². The number of methoxy groups -OCH3 is 1. The number of halogens is 1. The Hall–Kier alpha value is -1.01. The third-order valence-corrected chi connectivity index (χ3v) is 3.66. The number of rotatable bonds is 5. The van der Waals surface area contributed by atoms with Crippen molar-refractivity contribution in [1.82, 2.24) is 0 Å². The van der Waals surface area contributed by atoms with Crippen LogP contribution in [0, 0.1) is 0 Å². The largest absolute Gasteiger partial charge is 0.478 e. The molecule has 0 unspecified atom stereocenters. The molecule has 1 rings (SSSR count). The maximum atomic E-state index is 10.9. The number of aromatic carboxylic acids is 1. The molecule has 92 valence electrons. The van der Waals surface area contributed by atoms with Crippen molar-refractivity contribution >= 4 is 39.6 Å². The fraction of sp³-hybridized carbons (Fsp3) is 0.273. The summed E-state index contributed by atoms with van der Waals surface area (Å²) in [5.41, 5.74) is 0.216. The highest BCUT2D eigenvalue weighted by molar-refractivity contribution is 9.10. The lowest BCUT2D eigenvalue weighted by molar-refractivity contribution is -0.140. The molecule has 6 heteroatoms. The molecule has 0 spiro atoms. The van der Waals surface area contributed by atoms with Crippen molar-refractivity contribution < 1.29 is 19.4 Å². The summed E-state index contributed by atoms with van der Waals surface area (Å²) in [5, 5.41) is 8.93. The molecule has 1 N–H and O–H groups in total. The summed E-state index contributed by atoms with van der Waals surface area (Å²) >= 11 is 4.59. The Morgan fingerprint density at radius 2 is 2.18 bits per heavy atom. The van der Waals surface area contributed by atoms with Gasteiger partial charge in [-0.3, -0.25) is 4.79 Å². The summed E-state index contributed by atoms with van der Waals surface area (Å²) in [6, 6.07) is 5.07. The number of hydrogen-bond donors (Lipinski definition) is 1. The summed E-state index contributed by atoms with van der Waals surface area (Å²) in [7, 11) is 1.34. The zero-order valence-corrected chi connectivity index (χ0v) is 11.5. The predicted molar refractivity (Wildman–Crippen MR) is 68.5 cm³/mol. The van der Waals surface area contributed by atoms with E-state index in [9.17, 15) is 9.59 Å². The molecule has 1 aromatic rings. The Balaban J connectivity index is 2.63. The molecule has 0 aliphatic heterocycles. The number of carbonyl (C=O) groups excluding carboxylic acids is 1. The van der Waals surface area contributed by atoms with Gasteiger partial charge in [-0.15, -0.1) is 11.8 Å². The standard InChI is InChI=1S/C11H11BrO4S/c1-16-10(13)4-5-17-7-2-3-9(12)8(6-7)11(14)15/h2-3,6H,4-5H2,1H3,(H,14,15). The van der Waals surface area contributed by atoms with Crippen LogP contribution in [0.1, 0.15) is 16.8 Å². The van der Waals surface area contributed by atoms with Crippen LogP contribution in [-0.2, 0) is 9.53 Å². The molecule has 17 heavy (non-hydrogen) atoms. The van der Waals surface area contributed by atoms with E-state index in [1.54, 1.807) is 18.2 Å². The number of ether oxygens (including phenoxy) is 1. The van der Waals surface area contributed by atoms with Gasteiger partial charge >= 0.3 is 11.9 Å². The second-order valence-electron chi connectivity index (χ2n) is 3.12. The van der Waals surface area contributed by atoms with E-state index in [1.165, 1.54) is 18.9 Å². The minimum Gasteiger partial charge on any atom is -0.478 e. The lowest BCUT2D eigenvalue weighted by Crippen LogP contribution is -2.01. The number of thioether (sulfide) groups is 1. The van der Waals surface area contributed by atoms with E-state index in [4.69, 9.17) is 5.11 Å². The molecule has 0 fully saturated rings. The van der Waals surface area contributed by atoms with Crippen molar-refractivity contribution in [3.05, 3.63) is 28.2 Å². The minimum absolute atomic E-state index is 0.216. The first-order valence-corrected chi connectivity index (χ1v) is 6.55. The van der Waals surface area contributed by atoms with Gasteiger partial charge in [-0.25, -0.2) is 4.79 Å². The lowest BCUT2D eigenvalue weighted by Gasteiger charge is -2.04. The monoisotopic (exact) mass is 318 g/mol. The van der Waals surface area contributed by atoms with Gasteiger partial charge in [0.05, 0.1) is 19.1 Å². The van der Waals surface area contributed by atoms with E-state index in [-0.39, 0.29) is 11.5 Å². The fourth-order valence-corrected chi connectivity index (χ4v) is 2.40. The van der Waals surface area contributed by atoms with E-state index >= 15 is 0 Å². The third kappa shape index (κ3) is 4.40. The average Bonchev–Trinajstić information content (AvgIpc) is 2.30. The molecule has 1 aromatic carbocycles. The van der Waals surface area contributed by atoms with E-state index in [0.29, 0.717) is 16.6 Å². The number of carboxylic acids is 1. The molecule has 0 saturated carbocycles. The molecular formula is C11H11BrO4S. The zero-order valence-electron chi connectivity index (χ0n) is 9.10. The summed E-state index contributed by atoms with van der Waals surface area (Å²) in [6.45, 7) is 0. The van der Waals surface area contributed by atoms with Gasteiger partial charge in [0, 0.05) is 15.1 Å². The molecule has 0 bridgehead atoms. The van der Waals surface area contributed by atoms with Crippen LogP contribution in [0.25, 0.3) is 0 Å². The first-order chi connectivity index (χ1) is 8.04. The Labute approximate surface area is 111 Å². The van der Waals surface area contributed by atoms with Crippen LogP contribution in [0.15, 0.2) is 27.6 Å². The SMILES string of the molecule is COC(=O)CCSc1ccc(Br)c(C(=O)O)c1. The third-order valence-electron chi connectivity index (χ3n) is 1.97. The van der Waals surface area contributed by atoms with Crippen LogP contribution in [0.2, 0.25) is 0 Å². The number of benzene rings is 1. The van der Waals surface area contributed by atoms with Gasteiger partial charge in [0.15, 0.2) is 0 Å². The predicted octanol–water partition coefficient (Wildman–Crippen LogP) is 2.80. The summed E-state index contributed by atoms with van der Waals surface area (Å²) in [5.74, 6) is -0.687. The average molecular weight is 319 g/mol. The molecule has 0 aliphatic carbocycles. The van der Waals surface area contributed by atoms with Crippen LogP contribution < -0.4 is 0 Å². The normalized spacial score (nSPS) is 10.0. The summed E-state index contributed by atoms with van der Waals surface area (Å²) in [6.07, 6.45) is 0.305. The highest BCUT2D eigenvalue weighted by Gasteiger charge is 2.09. The van der Waals surface area contributed by atoms with Crippen LogP contribution in [0.4, 0.5) is 0 Å². The van der Waals surface area contributed by atoms with Crippen molar-refractivity contribution in [2.24, 2.45) is 0 Å². The van der Waals surface area contributed by atoms with Crippen molar-refractivity contribution in [2.45, 2.75) is 11.3 Å². The van der Waals surface area contributed by atoms with Gasteiger partial charge in [0.25, 0.3) is 0 Å². The summed E-state index contributed by atoms with van der Waals surface area (Å²) in [4.78, 5) is 22.6. The van der Waals surface area contributed by atoms with Crippen LogP contribution >= 0.6 is 27.7 Å². The van der Waals surface area contributed by atoms with E-state index < -0.39 is 5.97 Å². The molecule has 0 heterocycles. The quantitative estimate of drug-likeness (QED) is 0.668. The lowest BCUT2D eigenvalue weighted by atomic mass is 10.2. The van der Waals surface area contributed by atoms with E-state index in [1.807, 2.05) is 0 Å². The molecule has 4 nitrogen and oxygen atoms in total. The number of hydrogen-bond acceptors (Lipinski definition) is 4.